The van der Waals surface area contributed by atoms with Crippen LogP contribution in [0.25, 0.3) is 10.4 Å². The van der Waals surface area contributed by atoms with E-state index in [0.29, 0.717) is 12.8 Å². The fourth-order valence-corrected chi connectivity index (χ4v) is 4.43. The third-order valence-corrected chi connectivity index (χ3v) is 10.0. The highest BCUT2D eigenvalue weighted by Gasteiger charge is 2.52. The van der Waals surface area contributed by atoms with Gasteiger partial charge < -0.3 is 13.9 Å². The van der Waals surface area contributed by atoms with Crippen LogP contribution in [-0.2, 0) is 18.7 Å². The second-order valence-electron chi connectivity index (χ2n) is 9.89. The molecule has 10 heteroatoms. The first-order valence-corrected chi connectivity index (χ1v) is 12.8. The molecule has 1 fully saturated rings. The van der Waals surface area contributed by atoms with Gasteiger partial charge in [0.1, 0.15) is 11.6 Å². The lowest BCUT2D eigenvalue weighted by molar-refractivity contribution is -0.146. The van der Waals surface area contributed by atoms with Crippen molar-refractivity contribution in [3.05, 3.63) is 10.4 Å². The lowest BCUT2D eigenvalue weighted by Crippen LogP contribution is -2.51. The minimum Gasteiger partial charge on any atom is -0.467 e. The third-order valence-electron chi connectivity index (χ3n) is 5.50. The minimum absolute atomic E-state index is 0.0392. The first-order chi connectivity index (χ1) is 13.1. The van der Waals surface area contributed by atoms with Gasteiger partial charge >= 0.3 is 12.1 Å². The molecule has 0 radical (unpaired) electrons. The Morgan fingerprint density at radius 2 is 1.79 bits per heavy atom. The largest absolute Gasteiger partial charge is 0.467 e. The molecule has 1 aliphatic heterocycles. The highest BCUT2D eigenvalue weighted by atomic mass is 28.4. The Kier molecular flexibility index (Phi) is 8.15. The van der Waals surface area contributed by atoms with E-state index in [0.717, 1.165) is 0 Å². The number of nitrogens with zero attached hydrogens (tertiary/aromatic N) is 4. The number of methoxy groups -OCH3 is 1. The van der Waals surface area contributed by atoms with Crippen molar-refractivity contribution in [2.24, 2.45) is 5.11 Å². The van der Waals surface area contributed by atoms with Crippen molar-refractivity contribution in [1.29, 1.82) is 0 Å². The molecule has 1 amide bonds. The average molecular weight is 429 g/mol. The zero-order chi connectivity index (χ0) is 22.6. The molecule has 0 saturated carbocycles. The lowest BCUT2D eigenvalue weighted by atomic mass is 10.1. The number of rotatable bonds is 6. The predicted molar refractivity (Wildman–Crippen MR) is 113 cm³/mol. The number of likely N-dealkylation sites (tertiary alicyclic amines) is 1. The average Bonchev–Trinajstić information content (AvgIpc) is 2.89. The summed E-state index contributed by atoms with van der Waals surface area (Å²) in [7, 11) is -0.881. The summed E-state index contributed by atoms with van der Waals surface area (Å²) in [5.74, 6) is -0.508. The van der Waals surface area contributed by atoms with Gasteiger partial charge in [0.15, 0.2) is 8.32 Å². The van der Waals surface area contributed by atoms with Crippen LogP contribution < -0.4 is 0 Å². The maximum absolute atomic E-state index is 13.0. The number of hydrogen-bond donors (Lipinski definition) is 0. The Morgan fingerprint density at radius 1 is 1.21 bits per heavy atom. The van der Waals surface area contributed by atoms with Crippen LogP contribution in [0.5, 0.6) is 0 Å². The normalized spacial score (nSPS) is 22.8. The van der Waals surface area contributed by atoms with Crippen LogP contribution in [0.4, 0.5) is 4.79 Å². The molecule has 3 atom stereocenters. The molecule has 0 aliphatic carbocycles. The minimum atomic E-state index is -2.18. The van der Waals surface area contributed by atoms with Crippen molar-refractivity contribution in [3.8, 4) is 0 Å². The topological polar surface area (TPSA) is 114 Å². The fraction of sp³-hybridized carbons (Fsp3) is 0.895. The zero-order valence-electron chi connectivity index (χ0n) is 19.2. The van der Waals surface area contributed by atoms with Crippen LogP contribution >= 0.6 is 0 Å². The van der Waals surface area contributed by atoms with E-state index < -0.39 is 38.1 Å². The summed E-state index contributed by atoms with van der Waals surface area (Å²) in [4.78, 5) is 29.7. The van der Waals surface area contributed by atoms with Crippen molar-refractivity contribution in [1.82, 2.24) is 4.90 Å². The van der Waals surface area contributed by atoms with Gasteiger partial charge in [0.05, 0.1) is 19.3 Å². The molecule has 0 aromatic carbocycles. The molecule has 0 bridgehead atoms. The summed E-state index contributed by atoms with van der Waals surface area (Å²) in [6.07, 6.45) is -0.281. The van der Waals surface area contributed by atoms with Crippen LogP contribution in [0.3, 0.4) is 0 Å². The van der Waals surface area contributed by atoms with Gasteiger partial charge in [-0.25, -0.2) is 9.59 Å². The first-order valence-electron chi connectivity index (χ1n) is 9.92. The fourth-order valence-electron chi connectivity index (χ4n) is 3.07. The number of ether oxygens (including phenoxy) is 2. The van der Waals surface area contributed by atoms with Crippen LogP contribution in [0.2, 0.25) is 18.1 Å². The molecule has 1 saturated heterocycles. The molecule has 1 aliphatic rings. The molecule has 0 N–H and O–H groups in total. The van der Waals surface area contributed by atoms with Gasteiger partial charge in [0, 0.05) is 17.9 Å². The van der Waals surface area contributed by atoms with E-state index >= 15 is 0 Å². The molecule has 0 aromatic heterocycles. The first kappa shape index (κ1) is 25.3. The number of azide groups is 1. The molecule has 0 unspecified atom stereocenters. The summed E-state index contributed by atoms with van der Waals surface area (Å²) in [6, 6.07) is -1.26. The molecule has 1 rings (SSSR count). The molecule has 29 heavy (non-hydrogen) atoms. The molecule has 166 valence electrons. The number of carbonyl (C=O) groups excluding carboxylic acids is 2. The molecule has 0 aromatic rings. The highest BCUT2D eigenvalue weighted by Crippen LogP contribution is 2.41. The lowest BCUT2D eigenvalue weighted by Gasteiger charge is -2.40. The molecular formula is C19H36N4O5Si. The second-order valence-corrected chi connectivity index (χ2v) is 14.6. The van der Waals surface area contributed by atoms with E-state index in [2.05, 4.69) is 43.9 Å². The van der Waals surface area contributed by atoms with Gasteiger partial charge in [0.25, 0.3) is 0 Å². The van der Waals surface area contributed by atoms with Gasteiger partial charge in [-0.1, -0.05) is 25.9 Å². The number of esters is 1. The number of carbonyl (C=O) groups is 2. The van der Waals surface area contributed by atoms with Crippen LogP contribution in [0.1, 0.15) is 54.4 Å². The standard InChI is InChI=1S/C19H36N4O5Si/c1-18(2,3)27-17(25)23-13(10-11-21-22-20)15(12-14(23)16(24)26-7)28-29(8,9)19(4,5)6/h13-15H,10-12H2,1-9H3/t13-,14+,15-/m1/s1. The van der Waals surface area contributed by atoms with E-state index in [1.54, 1.807) is 20.8 Å². The summed E-state index contributed by atoms with van der Waals surface area (Å²) >= 11 is 0. The van der Waals surface area contributed by atoms with E-state index in [1.807, 2.05) is 0 Å². The van der Waals surface area contributed by atoms with E-state index in [9.17, 15) is 9.59 Å². The maximum atomic E-state index is 13.0. The predicted octanol–water partition coefficient (Wildman–Crippen LogP) is 4.63. The van der Waals surface area contributed by atoms with Gasteiger partial charge in [-0.2, -0.15) is 0 Å². The highest BCUT2D eigenvalue weighted by molar-refractivity contribution is 6.74. The molecular weight excluding hydrogens is 392 g/mol. The molecule has 9 nitrogen and oxygen atoms in total. The van der Waals surface area contributed by atoms with Gasteiger partial charge in [0.2, 0.25) is 0 Å². The third kappa shape index (κ3) is 6.62. The van der Waals surface area contributed by atoms with Gasteiger partial charge in [-0.15, -0.1) is 0 Å². The molecule has 1 heterocycles. The van der Waals surface area contributed by atoms with Crippen molar-refractivity contribution in [2.75, 3.05) is 13.7 Å². The Balaban J connectivity index is 3.31. The Morgan fingerprint density at radius 3 is 2.24 bits per heavy atom. The van der Waals surface area contributed by atoms with Crippen molar-refractivity contribution in [3.63, 3.8) is 0 Å². The van der Waals surface area contributed by atoms with E-state index in [-0.39, 0.29) is 17.7 Å². The summed E-state index contributed by atoms with van der Waals surface area (Å²) in [5, 5.41) is 3.58. The summed E-state index contributed by atoms with van der Waals surface area (Å²) < 4.78 is 17.1. The summed E-state index contributed by atoms with van der Waals surface area (Å²) in [6.45, 7) is 16.1. The Labute approximate surface area is 174 Å². The quantitative estimate of drug-likeness (QED) is 0.201. The number of amides is 1. The van der Waals surface area contributed by atoms with Gasteiger partial charge in [-0.3, -0.25) is 4.90 Å². The molecule has 0 spiro atoms. The van der Waals surface area contributed by atoms with Crippen molar-refractivity contribution < 1.29 is 23.5 Å². The van der Waals surface area contributed by atoms with Crippen LogP contribution in [0, 0.1) is 0 Å². The Bertz CT molecular complexity index is 650. The Hall–Kier alpha value is -1.77. The van der Waals surface area contributed by atoms with E-state index in [1.165, 1.54) is 12.0 Å². The van der Waals surface area contributed by atoms with Crippen molar-refractivity contribution >= 4 is 20.4 Å². The van der Waals surface area contributed by atoms with E-state index in [4.69, 9.17) is 19.4 Å². The monoisotopic (exact) mass is 428 g/mol. The van der Waals surface area contributed by atoms with Gasteiger partial charge in [-0.05, 0) is 50.9 Å². The zero-order valence-corrected chi connectivity index (χ0v) is 20.2. The van der Waals surface area contributed by atoms with Crippen molar-refractivity contribution in [2.45, 2.75) is 96.3 Å². The van der Waals surface area contributed by atoms with Crippen LogP contribution in [-0.4, -0.2) is 62.7 Å². The SMILES string of the molecule is COC(=O)[C@@H]1C[C@@H](O[Si](C)(C)C(C)(C)C)[C@@H](CCN=[N+]=[N-])N1C(=O)OC(C)(C)C. The van der Waals surface area contributed by atoms with Crippen LogP contribution in [0.15, 0.2) is 5.11 Å². The number of hydrogen-bond acceptors (Lipinski definition) is 6. The summed E-state index contributed by atoms with van der Waals surface area (Å²) in [5.41, 5.74) is 7.94. The second kappa shape index (κ2) is 9.36. The maximum Gasteiger partial charge on any atom is 0.411 e. The smallest absolute Gasteiger partial charge is 0.411 e.